The molecule has 0 unspecified atom stereocenters. The first-order valence-electron chi connectivity index (χ1n) is 6.67. The minimum atomic E-state index is -0.121. The molecule has 1 N–H and O–H groups in total. The number of rotatable bonds is 8. The van der Waals surface area contributed by atoms with Gasteiger partial charge in [0, 0.05) is 13.0 Å². The van der Waals surface area contributed by atoms with E-state index in [1.807, 2.05) is 26.0 Å². The van der Waals surface area contributed by atoms with Crippen molar-refractivity contribution in [2.24, 2.45) is 0 Å². The Bertz CT molecular complexity index is 404. The molecule has 0 bridgehead atoms. The van der Waals surface area contributed by atoms with E-state index in [0.717, 1.165) is 30.8 Å². The Morgan fingerprint density at radius 1 is 1.37 bits per heavy atom. The van der Waals surface area contributed by atoms with Crippen molar-refractivity contribution in [3.8, 4) is 5.75 Å². The van der Waals surface area contributed by atoms with E-state index in [4.69, 9.17) is 9.47 Å². The van der Waals surface area contributed by atoms with Crippen LogP contribution in [0, 0.1) is 6.92 Å². The second-order valence-corrected chi connectivity index (χ2v) is 4.39. The van der Waals surface area contributed by atoms with Crippen LogP contribution in [0.3, 0.4) is 0 Å². The van der Waals surface area contributed by atoms with Gasteiger partial charge in [-0.1, -0.05) is 12.1 Å². The first kappa shape index (κ1) is 15.5. The van der Waals surface area contributed by atoms with Crippen LogP contribution in [0.1, 0.15) is 30.9 Å². The van der Waals surface area contributed by atoms with Crippen LogP contribution in [0.25, 0.3) is 0 Å². The van der Waals surface area contributed by atoms with E-state index in [2.05, 4.69) is 11.4 Å². The van der Waals surface area contributed by atoms with Crippen molar-refractivity contribution >= 4 is 5.97 Å². The van der Waals surface area contributed by atoms with E-state index >= 15 is 0 Å². The summed E-state index contributed by atoms with van der Waals surface area (Å²) in [5.74, 6) is 0.788. The molecule has 0 atom stereocenters. The Balaban J connectivity index is 2.22. The summed E-state index contributed by atoms with van der Waals surface area (Å²) in [4.78, 5) is 11.1. The van der Waals surface area contributed by atoms with Crippen LogP contribution >= 0.6 is 0 Å². The Morgan fingerprint density at radius 2 is 2.16 bits per heavy atom. The van der Waals surface area contributed by atoms with Crippen molar-refractivity contribution in [2.75, 3.05) is 20.3 Å². The van der Waals surface area contributed by atoms with Crippen molar-refractivity contribution in [3.05, 3.63) is 29.3 Å². The summed E-state index contributed by atoms with van der Waals surface area (Å²) < 4.78 is 10.1. The van der Waals surface area contributed by atoms with Crippen molar-refractivity contribution < 1.29 is 14.3 Å². The van der Waals surface area contributed by atoms with Gasteiger partial charge in [-0.2, -0.15) is 0 Å². The summed E-state index contributed by atoms with van der Waals surface area (Å²) in [5, 5.41) is 3.32. The summed E-state index contributed by atoms with van der Waals surface area (Å²) in [6, 6.07) is 6.13. The highest BCUT2D eigenvalue weighted by molar-refractivity contribution is 5.69. The lowest BCUT2D eigenvalue weighted by atomic mass is 10.1. The van der Waals surface area contributed by atoms with Crippen LogP contribution in [0.15, 0.2) is 18.2 Å². The highest BCUT2D eigenvalue weighted by Crippen LogP contribution is 2.18. The van der Waals surface area contributed by atoms with Crippen LogP contribution < -0.4 is 10.1 Å². The van der Waals surface area contributed by atoms with E-state index in [1.165, 1.54) is 5.56 Å². The average Bonchev–Trinajstić information content (AvgIpc) is 2.39. The summed E-state index contributed by atoms with van der Waals surface area (Å²) in [6.45, 7) is 5.92. The van der Waals surface area contributed by atoms with Crippen LogP contribution in [-0.4, -0.2) is 26.2 Å². The molecule has 4 heteroatoms. The molecule has 1 rings (SSSR count). The lowest BCUT2D eigenvalue weighted by Gasteiger charge is -2.08. The number of aryl methyl sites for hydroxylation is 1. The van der Waals surface area contributed by atoms with Gasteiger partial charge in [0.05, 0.1) is 13.7 Å². The lowest BCUT2D eigenvalue weighted by Crippen LogP contribution is -2.16. The van der Waals surface area contributed by atoms with Gasteiger partial charge in [0.15, 0.2) is 0 Å². The summed E-state index contributed by atoms with van der Waals surface area (Å²) in [5.41, 5.74) is 2.35. The number of carbonyl (C=O) groups is 1. The van der Waals surface area contributed by atoms with Crippen LogP contribution in [0.2, 0.25) is 0 Å². The SMILES string of the molecule is CCOC(=O)CCCNCc1ccc(OC)c(C)c1. The van der Waals surface area contributed by atoms with Gasteiger partial charge in [-0.3, -0.25) is 4.79 Å². The molecular weight excluding hydrogens is 242 g/mol. The number of esters is 1. The van der Waals surface area contributed by atoms with Crippen molar-refractivity contribution in [2.45, 2.75) is 33.2 Å². The van der Waals surface area contributed by atoms with E-state index in [9.17, 15) is 4.79 Å². The predicted octanol–water partition coefficient (Wildman–Crippen LogP) is 2.44. The Labute approximate surface area is 115 Å². The van der Waals surface area contributed by atoms with Gasteiger partial charge in [0.1, 0.15) is 5.75 Å². The van der Waals surface area contributed by atoms with Crippen molar-refractivity contribution in [3.63, 3.8) is 0 Å². The average molecular weight is 265 g/mol. The highest BCUT2D eigenvalue weighted by atomic mass is 16.5. The standard InChI is InChI=1S/C15H23NO3/c1-4-19-15(17)6-5-9-16-11-13-7-8-14(18-3)12(2)10-13/h7-8,10,16H,4-6,9,11H2,1-3H3. The number of hydrogen-bond acceptors (Lipinski definition) is 4. The van der Waals surface area contributed by atoms with E-state index in [1.54, 1.807) is 7.11 Å². The molecule has 0 aromatic heterocycles. The topological polar surface area (TPSA) is 47.6 Å². The number of nitrogens with one attached hydrogen (secondary N) is 1. The predicted molar refractivity (Wildman–Crippen MR) is 75.3 cm³/mol. The second-order valence-electron chi connectivity index (χ2n) is 4.39. The molecule has 0 fully saturated rings. The molecule has 1 aromatic rings. The number of ether oxygens (including phenoxy) is 2. The van der Waals surface area contributed by atoms with E-state index in [-0.39, 0.29) is 5.97 Å². The molecule has 0 radical (unpaired) electrons. The second kappa shape index (κ2) is 8.53. The first-order valence-corrected chi connectivity index (χ1v) is 6.67. The number of hydrogen-bond donors (Lipinski definition) is 1. The Morgan fingerprint density at radius 3 is 2.79 bits per heavy atom. The molecule has 0 spiro atoms. The number of methoxy groups -OCH3 is 1. The fourth-order valence-electron chi connectivity index (χ4n) is 1.87. The summed E-state index contributed by atoms with van der Waals surface area (Å²) in [6.07, 6.45) is 1.27. The fraction of sp³-hybridized carbons (Fsp3) is 0.533. The molecule has 0 saturated heterocycles. The molecule has 1 aromatic carbocycles. The van der Waals surface area contributed by atoms with Gasteiger partial charge in [0.2, 0.25) is 0 Å². The lowest BCUT2D eigenvalue weighted by molar-refractivity contribution is -0.143. The molecule has 0 aliphatic heterocycles. The third kappa shape index (κ3) is 5.75. The maximum atomic E-state index is 11.1. The quantitative estimate of drug-likeness (QED) is 0.579. The van der Waals surface area contributed by atoms with Gasteiger partial charge in [-0.15, -0.1) is 0 Å². The monoisotopic (exact) mass is 265 g/mol. The zero-order chi connectivity index (χ0) is 14.1. The van der Waals surface area contributed by atoms with Gasteiger partial charge < -0.3 is 14.8 Å². The smallest absolute Gasteiger partial charge is 0.305 e. The fourth-order valence-corrected chi connectivity index (χ4v) is 1.87. The van der Waals surface area contributed by atoms with Crippen molar-refractivity contribution in [1.29, 1.82) is 0 Å². The van der Waals surface area contributed by atoms with Crippen LogP contribution in [0.4, 0.5) is 0 Å². The zero-order valence-corrected chi connectivity index (χ0v) is 12.0. The minimum Gasteiger partial charge on any atom is -0.496 e. The minimum absolute atomic E-state index is 0.121. The maximum Gasteiger partial charge on any atom is 0.305 e. The molecular formula is C15H23NO3. The Kier molecular flexibility index (Phi) is 6.97. The van der Waals surface area contributed by atoms with E-state index < -0.39 is 0 Å². The highest BCUT2D eigenvalue weighted by Gasteiger charge is 2.02. The molecule has 0 amide bonds. The molecule has 0 aliphatic rings. The normalized spacial score (nSPS) is 10.3. The Hall–Kier alpha value is -1.55. The largest absolute Gasteiger partial charge is 0.496 e. The third-order valence-electron chi connectivity index (χ3n) is 2.83. The maximum absolute atomic E-state index is 11.1. The molecule has 106 valence electrons. The molecule has 4 nitrogen and oxygen atoms in total. The molecule has 0 saturated carbocycles. The van der Waals surface area contributed by atoms with Gasteiger partial charge in [-0.25, -0.2) is 0 Å². The first-order chi connectivity index (χ1) is 9.17. The molecule has 0 aliphatic carbocycles. The summed E-state index contributed by atoms with van der Waals surface area (Å²) in [7, 11) is 1.68. The summed E-state index contributed by atoms with van der Waals surface area (Å²) >= 11 is 0. The number of carbonyl (C=O) groups excluding carboxylic acids is 1. The van der Waals surface area contributed by atoms with Gasteiger partial charge in [0.25, 0.3) is 0 Å². The number of benzene rings is 1. The van der Waals surface area contributed by atoms with Crippen molar-refractivity contribution in [1.82, 2.24) is 5.32 Å². The third-order valence-corrected chi connectivity index (χ3v) is 2.83. The van der Waals surface area contributed by atoms with Crippen LogP contribution in [0.5, 0.6) is 5.75 Å². The molecule has 0 heterocycles. The van der Waals surface area contributed by atoms with Crippen LogP contribution in [-0.2, 0) is 16.1 Å². The van der Waals surface area contributed by atoms with E-state index in [0.29, 0.717) is 13.0 Å². The molecule has 19 heavy (non-hydrogen) atoms. The zero-order valence-electron chi connectivity index (χ0n) is 12.0. The van der Waals surface area contributed by atoms with Gasteiger partial charge in [-0.05, 0) is 44.0 Å². The van der Waals surface area contributed by atoms with Gasteiger partial charge >= 0.3 is 5.97 Å².